The average molecular weight is 495 g/mol. The van der Waals surface area contributed by atoms with E-state index in [4.69, 9.17) is 0 Å². The molecular weight excluding hydrogens is 471 g/mol. The van der Waals surface area contributed by atoms with Crippen molar-refractivity contribution in [3.8, 4) is 5.69 Å². The molecule has 9 nitrogen and oxygen atoms in total. The molecule has 1 aliphatic rings. The molecule has 0 atom stereocenters. The number of halogens is 1. The fourth-order valence-electron chi connectivity index (χ4n) is 4.23. The Labute approximate surface area is 201 Å². The van der Waals surface area contributed by atoms with Gasteiger partial charge in [0.25, 0.3) is 5.91 Å². The zero-order valence-electron chi connectivity index (χ0n) is 19.2. The van der Waals surface area contributed by atoms with Gasteiger partial charge < -0.3 is 4.90 Å². The van der Waals surface area contributed by atoms with Crippen molar-refractivity contribution < 1.29 is 17.6 Å². The molecule has 4 aromatic rings. The van der Waals surface area contributed by atoms with Crippen molar-refractivity contribution in [1.82, 2.24) is 29.2 Å². The summed E-state index contributed by atoms with van der Waals surface area (Å²) in [6.07, 6.45) is 1.65. The van der Waals surface area contributed by atoms with E-state index in [1.807, 2.05) is 19.1 Å². The molecule has 3 heterocycles. The van der Waals surface area contributed by atoms with Crippen LogP contribution in [0.4, 0.5) is 4.39 Å². The second-order valence-corrected chi connectivity index (χ2v) is 10.4. The summed E-state index contributed by atoms with van der Waals surface area (Å²) < 4.78 is 42.9. The maximum absolute atomic E-state index is 13.4. The molecule has 0 radical (unpaired) electrons. The van der Waals surface area contributed by atoms with Crippen LogP contribution in [0.25, 0.3) is 16.6 Å². The molecule has 0 spiro atoms. The van der Waals surface area contributed by atoms with Crippen LogP contribution in [0.1, 0.15) is 21.7 Å². The van der Waals surface area contributed by atoms with Gasteiger partial charge >= 0.3 is 0 Å². The summed E-state index contributed by atoms with van der Waals surface area (Å²) in [6.45, 7) is 4.37. The highest BCUT2D eigenvalue weighted by molar-refractivity contribution is 7.89. The summed E-state index contributed by atoms with van der Waals surface area (Å²) in [5, 5.41) is 8.84. The topological polar surface area (TPSA) is 101 Å². The number of benzene rings is 2. The third-order valence-electron chi connectivity index (χ3n) is 6.12. The highest BCUT2D eigenvalue weighted by Gasteiger charge is 2.33. The van der Waals surface area contributed by atoms with E-state index in [0.29, 0.717) is 16.9 Å². The first kappa shape index (κ1) is 23.1. The third kappa shape index (κ3) is 4.17. The van der Waals surface area contributed by atoms with Gasteiger partial charge in [0.05, 0.1) is 16.9 Å². The van der Waals surface area contributed by atoms with Crippen LogP contribution in [0.3, 0.4) is 0 Å². The third-order valence-corrected chi connectivity index (χ3v) is 8.05. The zero-order chi connectivity index (χ0) is 24.7. The van der Waals surface area contributed by atoms with Crippen molar-refractivity contribution in [2.24, 2.45) is 0 Å². The second-order valence-electron chi connectivity index (χ2n) is 8.45. The number of hydrogen-bond acceptors (Lipinski definition) is 6. The SMILES string of the molecule is Cc1cnc2c(S(=O)(=O)N3CCN(C(=O)c4nnn(-c5ccc(F)cc5)c4C)CC3)cccc2c1. The molecule has 2 aromatic heterocycles. The normalized spacial score (nSPS) is 15.0. The number of rotatable bonds is 4. The predicted octanol–water partition coefficient (Wildman–Crippen LogP) is 2.72. The number of carbonyl (C=O) groups excluding carboxylic acids is 1. The minimum Gasteiger partial charge on any atom is -0.335 e. The monoisotopic (exact) mass is 494 g/mol. The summed E-state index contributed by atoms with van der Waals surface area (Å²) >= 11 is 0. The van der Waals surface area contributed by atoms with Crippen LogP contribution < -0.4 is 0 Å². The maximum Gasteiger partial charge on any atom is 0.276 e. The maximum atomic E-state index is 13.4. The Morgan fingerprint density at radius 2 is 1.71 bits per heavy atom. The standard InChI is InChI=1S/C24H23FN6O3S/c1-16-14-18-4-3-5-21(23(18)26-15-16)35(33,34)30-12-10-29(11-13-30)24(32)22-17(2)31(28-27-22)20-8-6-19(25)7-9-20/h3-9,14-15H,10-13H2,1-2H3. The Bertz CT molecular complexity index is 1530. The van der Waals surface area contributed by atoms with E-state index in [1.54, 1.807) is 42.3 Å². The number of carbonyl (C=O) groups is 1. The summed E-state index contributed by atoms with van der Waals surface area (Å²) in [5.74, 6) is -0.694. The van der Waals surface area contributed by atoms with Gasteiger partial charge in [-0.3, -0.25) is 9.78 Å². The lowest BCUT2D eigenvalue weighted by Gasteiger charge is -2.33. The van der Waals surface area contributed by atoms with Crippen LogP contribution in [0.2, 0.25) is 0 Å². The summed E-state index contributed by atoms with van der Waals surface area (Å²) in [4.78, 5) is 19.2. The molecule has 1 amide bonds. The number of nitrogens with zero attached hydrogens (tertiary/aromatic N) is 6. The zero-order valence-corrected chi connectivity index (χ0v) is 20.0. The van der Waals surface area contributed by atoms with E-state index in [9.17, 15) is 17.6 Å². The van der Waals surface area contributed by atoms with Crippen molar-refractivity contribution in [2.75, 3.05) is 26.2 Å². The van der Waals surface area contributed by atoms with Crippen LogP contribution in [0.15, 0.2) is 59.6 Å². The fourth-order valence-corrected chi connectivity index (χ4v) is 5.81. The molecule has 1 aliphatic heterocycles. The molecule has 35 heavy (non-hydrogen) atoms. The van der Waals surface area contributed by atoms with Gasteiger partial charge in [-0.25, -0.2) is 17.5 Å². The summed E-state index contributed by atoms with van der Waals surface area (Å²) in [6, 6.07) is 12.7. The van der Waals surface area contributed by atoms with Gasteiger partial charge in [0, 0.05) is 37.8 Å². The van der Waals surface area contributed by atoms with Crippen molar-refractivity contribution in [3.05, 3.63) is 77.5 Å². The van der Waals surface area contributed by atoms with E-state index in [1.165, 1.54) is 21.1 Å². The Kier molecular flexibility index (Phi) is 5.81. The first-order valence-corrected chi connectivity index (χ1v) is 12.5. The molecule has 1 saturated heterocycles. The van der Waals surface area contributed by atoms with Gasteiger partial charge in [-0.15, -0.1) is 5.10 Å². The Morgan fingerprint density at radius 3 is 2.43 bits per heavy atom. The number of aryl methyl sites for hydroxylation is 1. The number of piperazine rings is 1. The van der Waals surface area contributed by atoms with Crippen LogP contribution in [0, 0.1) is 19.7 Å². The minimum atomic E-state index is -3.79. The van der Waals surface area contributed by atoms with E-state index in [2.05, 4.69) is 15.3 Å². The number of sulfonamides is 1. The first-order valence-electron chi connectivity index (χ1n) is 11.1. The molecular formula is C24H23FN6O3S. The van der Waals surface area contributed by atoms with E-state index in [-0.39, 0.29) is 48.5 Å². The molecule has 11 heteroatoms. The van der Waals surface area contributed by atoms with Gasteiger partial charge in [0.15, 0.2) is 5.69 Å². The van der Waals surface area contributed by atoms with Gasteiger partial charge in [0.2, 0.25) is 10.0 Å². The van der Waals surface area contributed by atoms with Gasteiger partial charge in [0.1, 0.15) is 10.7 Å². The molecule has 0 N–H and O–H groups in total. The molecule has 5 rings (SSSR count). The van der Waals surface area contributed by atoms with Crippen molar-refractivity contribution in [3.63, 3.8) is 0 Å². The summed E-state index contributed by atoms with van der Waals surface area (Å²) in [5.41, 5.74) is 2.67. The van der Waals surface area contributed by atoms with E-state index >= 15 is 0 Å². The highest BCUT2D eigenvalue weighted by atomic mass is 32.2. The molecule has 1 fully saturated rings. The van der Waals surface area contributed by atoms with E-state index in [0.717, 1.165) is 10.9 Å². The lowest BCUT2D eigenvalue weighted by atomic mass is 10.2. The lowest BCUT2D eigenvalue weighted by Crippen LogP contribution is -2.50. The molecule has 0 bridgehead atoms. The molecule has 2 aromatic carbocycles. The quantitative estimate of drug-likeness (QED) is 0.432. The smallest absolute Gasteiger partial charge is 0.276 e. The van der Waals surface area contributed by atoms with Gasteiger partial charge in [-0.1, -0.05) is 17.3 Å². The van der Waals surface area contributed by atoms with Crippen molar-refractivity contribution in [1.29, 1.82) is 0 Å². The highest BCUT2D eigenvalue weighted by Crippen LogP contribution is 2.26. The largest absolute Gasteiger partial charge is 0.335 e. The molecule has 0 aliphatic carbocycles. The minimum absolute atomic E-state index is 0.154. The van der Waals surface area contributed by atoms with Crippen molar-refractivity contribution in [2.45, 2.75) is 18.7 Å². The van der Waals surface area contributed by atoms with Crippen LogP contribution >= 0.6 is 0 Å². The van der Waals surface area contributed by atoms with Crippen molar-refractivity contribution >= 4 is 26.8 Å². The molecule has 0 saturated carbocycles. The number of amides is 1. The predicted molar refractivity (Wildman–Crippen MR) is 127 cm³/mol. The number of hydrogen-bond donors (Lipinski definition) is 0. The number of fused-ring (bicyclic) bond motifs is 1. The Balaban J connectivity index is 1.33. The van der Waals surface area contributed by atoms with Gasteiger partial charge in [-0.05, 0) is 55.8 Å². The number of aromatic nitrogens is 4. The first-order chi connectivity index (χ1) is 16.8. The molecule has 0 unspecified atom stereocenters. The van der Waals surface area contributed by atoms with Gasteiger partial charge in [-0.2, -0.15) is 4.31 Å². The fraction of sp³-hybridized carbons (Fsp3) is 0.250. The van der Waals surface area contributed by atoms with Crippen LogP contribution in [0.5, 0.6) is 0 Å². The number of para-hydroxylation sites is 1. The van der Waals surface area contributed by atoms with E-state index < -0.39 is 10.0 Å². The summed E-state index contributed by atoms with van der Waals surface area (Å²) in [7, 11) is -3.79. The second kappa shape index (κ2) is 8.82. The van der Waals surface area contributed by atoms with Crippen LogP contribution in [-0.2, 0) is 10.0 Å². The Morgan fingerprint density at radius 1 is 1.00 bits per heavy atom. The van der Waals surface area contributed by atoms with Crippen LogP contribution in [-0.4, -0.2) is 69.7 Å². The average Bonchev–Trinajstić information content (AvgIpc) is 3.24. The number of pyridine rings is 1. The lowest BCUT2D eigenvalue weighted by molar-refractivity contribution is 0.0691. The molecule has 180 valence electrons. The Hall–Kier alpha value is -3.70.